The number of amides is 2. The molecule has 0 radical (unpaired) electrons. The van der Waals surface area contributed by atoms with E-state index in [0.717, 1.165) is 0 Å². The van der Waals surface area contributed by atoms with Crippen LogP contribution in [0.15, 0.2) is 4.52 Å². The zero-order valence-corrected chi connectivity index (χ0v) is 12.7. The normalized spacial score (nSPS) is 21.8. The molecule has 2 amide bonds. The number of aliphatic hydroxyl groups is 1. The van der Waals surface area contributed by atoms with Crippen molar-refractivity contribution in [3.05, 3.63) is 11.7 Å². The van der Waals surface area contributed by atoms with Crippen LogP contribution >= 0.6 is 0 Å². The summed E-state index contributed by atoms with van der Waals surface area (Å²) < 4.78 is 5.11. The first-order chi connectivity index (χ1) is 10.5. The molecule has 1 aliphatic rings. The zero-order valence-electron chi connectivity index (χ0n) is 12.7. The fourth-order valence-electron chi connectivity index (χ4n) is 2.29. The Morgan fingerprint density at radius 3 is 2.86 bits per heavy atom. The van der Waals surface area contributed by atoms with Crippen molar-refractivity contribution in [2.45, 2.75) is 39.0 Å². The van der Waals surface area contributed by atoms with Crippen molar-refractivity contribution in [1.82, 2.24) is 25.7 Å². The lowest BCUT2D eigenvalue weighted by Gasteiger charge is -2.16. The third-order valence-electron chi connectivity index (χ3n) is 3.39. The number of carbonyl (C=O) groups is 2. The summed E-state index contributed by atoms with van der Waals surface area (Å²) >= 11 is 0. The Kier molecular flexibility index (Phi) is 5.45. The third-order valence-corrected chi connectivity index (χ3v) is 3.39. The van der Waals surface area contributed by atoms with Gasteiger partial charge in [-0.1, -0.05) is 12.1 Å². The van der Waals surface area contributed by atoms with Gasteiger partial charge < -0.3 is 20.3 Å². The monoisotopic (exact) mass is 311 g/mol. The van der Waals surface area contributed by atoms with Crippen LogP contribution in [-0.4, -0.2) is 63.7 Å². The van der Waals surface area contributed by atoms with Gasteiger partial charge in [0.2, 0.25) is 17.7 Å². The Bertz CT molecular complexity index is 532. The molecule has 0 aromatic carbocycles. The standard InChI is InChI=1S/C13H21N5O4/c1-3-11-16-13(22-17-11)7-18-5-9(10(20)6-18)15-12(21)4-14-8(2)19/h9-10,20H,3-7H2,1-2H3,(H,14,19)(H,15,21). The van der Waals surface area contributed by atoms with E-state index in [0.29, 0.717) is 37.8 Å². The summed E-state index contributed by atoms with van der Waals surface area (Å²) in [7, 11) is 0. The van der Waals surface area contributed by atoms with Gasteiger partial charge in [-0.15, -0.1) is 0 Å². The second kappa shape index (κ2) is 7.32. The molecule has 2 heterocycles. The van der Waals surface area contributed by atoms with Gasteiger partial charge in [0, 0.05) is 26.4 Å². The van der Waals surface area contributed by atoms with E-state index < -0.39 is 6.10 Å². The minimum absolute atomic E-state index is 0.0952. The second-order valence-corrected chi connectivity index (χ2v) is 5.30. The van der Waals surface area contributed by atoms with Crippen LogP contribution in [0.5, 0.6) is 0 Å². The molecule has 1 aromatic rings. The highest BCUT2D eigenvalue weighted by Gasteiger charge is 2.33. The lowest BCUT2D eigenvalue weighted by atomic mass is 10.2. The first-order valence-corrected chi connectivity index (χ1v) is 7.23. The molecule has 3 N–H and O–H groups in total. The Hall–Kier alpha value is -2.00. The van der Waals surface area contributed by atoms with Crippen molar-refractivity contribution >= 4 is 11.8 Å². The summed E-state index contributed by atoms with van der Waals surface area (Å²) in [4.78, 5) is 28.6. The van der Waals surface area contributed by atoms with Gasteiger partial charge in [0.1, 0.15) is 0 Å². The first-order valence-electron chi connectivity index (χ1n) is 7.23. The molecule has 1 saturated heterocycles. The van der Waals surface area contributed by atoms with Gasteiger partial charge in [0.05, 0.1) is 25.2 Å². The van der Waals surface area contributed by atoms with E-state index in [2.05, 4.69) is 20.8 Å². The summed E-state index contributed by atoms with van der Waals surface area (Å²) in [5.41, 5.74) is 0. The SMILES string of the molecule is CCc1noc(CN2CC(O)C(NC(=O)CNC(C)=O)C2)n1. The molecule has 1 fully saturated rings. The molecular weight excluding hydrogens is 290 g/mol. The highest BCUT2D eigenvalue weighted by molar-refractivity contribution is 5.83. The predicted octanol–water partition coefficient (Wildman–Crippen LogP) is -1.57. The lowest BCUT2D eigenvalue weighted by molar-refractivity contribution is -0.125. The maximum absolute atomic E-state index is 11.7. The van der Waals surface area contributed by atoms with Crippen LogP contribution in [0.2, 0.25) is 0 Å². The van der Waals surface area contributed by atoms with Crippen LogP contribution in [0.25, 0.3) is 0 Å². The van der Waals surface area contributed by atoms with Crippen LogP contribution in [0.3, 0.4) is 0 Å². The molecule has 1 aromatic heterocycles. The van der Waals surface area contributed by atoms with Gasteiger partial charge in [-0.25, -0.2) is 0 Å². The van der Waals surface area contributed by atoms with Crippen molar-refractivity contribution in [1.29, 1.82) is 0 Å². The molecule has 2 unspecified atom stereocenters. The Morgan fingerprint density at radius 2 is 2.23 bits per heavy atom. The highest BCUT2D eigenvalue weighted by atomic mass is 16.5. The van der Waals surface area contributed by atoms with E-state index in [1.807, 2.05) is 11.8 Å². The maximum Gasteiger partial charge on any atom is 0.240 e. The summed E-state index contributed by atoms with van der Waals surface area (Å²) in [6.07, 6.45) is 0.0309. The number of carbonyl (C=O) groups excluding carboxylic acids is 2. The minimum atomic E-state index is -0.671. The average molecular weight is 311 g/mol. The highest BCUT2D eigenvalue weighted by Crippen LogP contribution is 2.13. The topological polar surface area (TPSA) is 121 Å². The van der Waals surface area contributed by atoms with E-state index in [4.69, 9.17) is 4.52 Å². The molecule has 0 saturated carbocycles. The Morgan fingerprint density at radius 1 is 1.45 bits per heavy atom. The number of aromatic nitrogens is 2. The number of hydrogen-bond donors (Lipinski definition) is 3. The number of aryl methyl sites for hydroxylation is 1. The van der Waals surface area contributed by atoms with Crippen LogP contribution < -0.4 is 10.6 Å². The number of likely N-dealkylation sites (tertiary alicyclic amines) is 1. The molecule has 122 valence electrons. The first kappa shape index (κ1) is 16.4. The van der Waals surface area contributed by atoms with Crippen LogP contribution in [0.4, 0.5) is 0 Å². The summed E-state index contributed by atoms with van der Waals surface area (Å²) in [5.74, 6) is 0.545. The van der Waals surface area contributed by atoms with Crippen LogP contribution in [-0.2, 0) is 22.6 Å². The minimum Gasteiger partial charge on any atom is -0.390 e. The molecular formula is C13H21N5O4. The second-order valence-electron chi connectivity index (χ2n) is 5.30. The molecule has 1 aliphatic heterocycles. The van der Waals surface area contributed by atoms with Gasteiger partial charge in [-0.05, 0) is 0 Å². The van der Waals surface area contributed by atoms with Crippen molar-refractivity contribution in [2.24, 2.45) is 0 Å². The molecule has 0 bridgehead atoms. The van der Waals surface area contributed by atoms with Crippen molar-refractivity contribution < 1.29 is 19.2 Å². The van der Waals surface area contributed by atoms with E-state index in [-0.39, 0.29) is 24.4 Å². The molecule has 2 rings (SSSR count). The van der Waals surface area contributed by atoms with Crippen molar-refractivity contribution in [3.63, 3.8) is 0 Å². The van der Waals surface area contributed by atoms with Crippen molar-refractivity contribution in [2.75, 3.05) is 19.6 Å². The van der Waals surface area contributed by atoms with Crippen molar-refractivity contribution in [3.8, 4) is 0 Å². The van der Waals surface area contributed by atoms with Crippen LogP contribution in [0.1, 0.15) is 25.6 Å². The fourth-order valence-corrected chi connectivity index (χ4v) is 2.29. The molecule has 0 aliphatic carbocycles. The third kappa shape index (κ3) is 4.50. The molecule has 0 spiro atoms. The fraction of sp³-hybridized carbons (Fsp3) is 0.692. The van der Waals surface area contributed by atoms with Gasteiger partial charge in [0.15, 0.2) is 5.82 Å². The Balaban J connectivity index is 1.81. The zero-order chi connectivity index (χ0) is 16.1. The average Bonchev–Trinajstić information content (AvgIpc) is 3.04. The molecule has 9 heteroatoms. The number of aliphatic hydroxyl groups excluding tert-OH is 1. The van der Waals surface area contributed by atoms with Crippen LogP contribution in [0, 0.1) is 0 Å². The van der Waals surface area contributed by atoms with E-state index in [9.17, 15) is 14.7 Å². The largest absolute Gasteiger partial charge is 0.390 e. The van der Waals surface area contributed by atoms with E-state index >= 15 is 0 Å². The summed E-state index contributed by atoms with van der Waals surface area (Å²) in [5, 5.41) is 18.9. The number of rotatable bonds is 6. The maximum atomic E-state index is 11.7. The van der Waals surface area contributed by atoms with Gasteiger partial charge in [0.25, 0.3) is 0 Å². The lowest BCUT2D eigenvalue weighted by Crippen LogP contribution is -2.46. The quantitative estimate of drug-likeness (QED) is 0.580. The van der Waals surface area contributed by atoms with E-state index in [1.54, 1.807) is 0 Å². The van der Waals surface area contributed by atoms with Gasteiger partial charge in [-0.3, -0.25) is 14.5 Å². The number of hydrogen-bond acceptors (Lipinski definition) is 7. The summed E-state index contributed by atoms with van der Waals surface area (Å²) in [6, 6.07) is -0.380. The van der Waals surface area contributed by atoms with E-state index in [1.165, 1.54) is 6.92 Å². The smallest absolute Gasteiger partial charge is 0.240 e. The summed E-state index contributed by atoms with van der Waals surface area (Å²) in [6.45, 7) is 4.51. The Labute approximate surface area is 128 Å². The van der Waals surface area contributed by atoms with Gasteiger partial charge >= 0.3 is 0 Å². The number of nitrogens with zero attached hydrogens (tertiary/aromatic N) is 3. The predicted molar refractivity (Wildman–Crippen MR) is 75.6 cm³/mol. The van der Waals surface area contributed by atoms with Gasteiger partial charge in [-0.2, -0.15) is 4.98 Å². The molecule has 22 heavy (non-hydrogen) atoms. The molecule has 9 nitrogen and oxygen atoms in total. The number of β-amino-alcohol motifs (C(OH)–C–C–N with tert-alkyl or cyclic N) is 1. The number of nitrogens with one attached hydrogen (secondary N) is 2. The molecule has 2 atom stereocenters.